The first kappa shape index (κ1) is 15.3. The van der Waals surface area contributed by atoms with Gasteiger partial charge in [-0.2, -0.15) is 0 Å². The summed E-state index contributed by atoms with van der Waals surface area (Å²) in [5.41, 5.74) is 5.64. The molecule has 0 aromatic rings. The lowest BCUT2D eigenvalue weighted by molar-refractivity contribution is 0.0600. The second-order valence-electron chi connectivity index (χ2n) is 6.24. The van der Waals surface area contributed by atoms with Crippen molar-refractivity contribution in [1.29, 1.82) is 0 Å². The molecule has 2 aliphatic rings. The second-order valence-corrected chi connectivity index (χ2v) is 8.56. The molecular weight excluding hydrogens is 260 g/mol. The molecule has 19 heavy (non-hydrogen) atoms. The van der Waals surface area contributed by atoms with Gasteiger partial charge >= 0.3 is 0 Å². The van der Waals surface area contributed by atoms with Crippen LogP contribution in [0.4, 0.5) is 0 Å². The van der Waals surface area contributed by atoms with Crippen molar-refractivity contribution in [3.05, 3.63) is 0 Å². The lowest BCUT2D eigenvalue weighted by atomic mass is 9.86. The number of hydrogen-bond acceptors (Lipinski definition) is 4. The lowest BCUT2D eigenvalue weighted by Gasteiger charge is -2.45. The molecular formula is C14H28N2O2S. The fourth-order valence-corrected chi connectivity index (χ4v) is 4.63. The zero-order valence-corrected chi connectivity index (χ0v) is 12.9. The highest BCUT2D eigenvalue weighted by molar-refractivity contribution is 7.91. The first-order chi connectivity index (χ1) is 9.02. The molecule has 2 saturated carbocycles. The van der Waals surface area contributed by atoms with Crippen LogP contribution in [0.5, 0.6) is 0 Å². The molecule has 0 aromatic carbocycles. The van der Waals surface area contributed by atoms with Gasteiger partial charge < -0.3 is 5.73 Å². The molecule has 0 aromatic heterocycles. The lowest BCUT2D eigenvalue weighted by Crippen LogP contribution is -2.50. The van der Waals surface area contributed by atoms with Crippen LogP contribution in [0.15, 0.2) is 0 Å². The molecule has 2 unspecified atom stereocenters. The Morgan fingerprint density at radius 2 is 1.74 bits per heavy atom. The summed E-state index contributed by atoms with van der Waals surface area (Å²) in [7, 11) is -2.88. The zero-order valence-electron chi connectivity index (χ0n) is 12.1. The highest BCUT2D eigenvalue weighted by Gasteiger charge is 2.35. The van der Waals surface area contributed by atoms with E-state index in [1.807, 2.05) is 0 Å². The van der Waals surface area contributed by atoms with Gasteiger partial charge in [0.2, 0.25) is 0 Å². The van der Waals surface area contributed by atoms with Crippen molar-refractivity contribution in [1.82, 2.24) is 4.90 Å². The zero-order chi connectivity index (χ0) is 13.9. The fraction of sp³-hybridized carbons (Fsp3) is 1.00. The van der Waals surface area contributed by atoms with Gasteiger partial charge in [0.1, 0.15) is 9.84 Å². The van der Waals surface area contributed by atoms with Crippen LogP contribution in [0.3, 0.4) is 0 Å². The highest BCUT2D eigenvalue weighted by atomic mass is 32.2. The van der Waals surface area contributed by atoms with Gasteiger partial charge in [-0.3, -0.25) is 4.90 Å². The highest BCUT2D eigenvalue weighted by Crippen LogP contribution is 2.33. The predicted octanol–water partition coefficient (Wildman–Crippen LogP) is 1.55. The van der Waals surface area contributed by atoms with Gasteiger partial charge in [0, 0.05) is 18.3 Å². The number of sulfone groups is 1. The van der Waals surface area contributed by atoms with Crippen LogP contribution in [-0.4, -0.2) is 50.0 Å². The molecule has 0 amide bonds. The van der Waals surface area contributed by atoms with Crippen LogP contribution in [-0.2, 0) is 9.84 Å². The summed E-state index contributed by atoms with van der Waals surface area (Å²) in [6, 6.07) is 1.15. The van der Waals surface area contributed by atoms with Gasteiger partial charge in [-0.05, 0) is 51.6 Å². The van der Waals surface area contributed by atoms with Crippen LogP contribution in [0.25, 0.3) is 0 Å². The summed E-state index contributed by atoms with van der Waals surface area (Å²) in [5, 5.41) is -0.119. The van der Waals surface area contributed by atoms with E-state index < -0.39 is 9.84 Å². The topological polar surface area (TPSA) is 63.4 Å². The van der Waals surface area contributed by atoms with E-state index in [-0.39, 0.29) is 5.25 Å². The van der Waals surface area contributed by atoms with E-state index in [0.717, 1.165) is 45.2 Å². The van der Waals surface area contributed by atoms with Crippen molar-refractivity contribution in [3.8, 4) is 0 Å². The maximum absolute atomic E-state index is 11.8. The molecule has 0 saturated heterocycles. The van der Waals surface area contributed by atoms with Gasteiger partial charge in [-0.1, -0.05) is 12.8 Å². The standard InChI is InChI=1S/C14H28N2O2S/c1-19(17,18)14-8-3-7-13(11-14)16(10-4-9-15)12-5-2-6-12/h12-14H,2-11,15H2,1H3. The molecule has 2 fully saturated rings. The van der Waals surface area contributed by atoms with Crippen molar-refractivity contribution < 1.29 is 8.42 Å². The monoisotopic (exact) mass is 288 g/mol. The van der Waals surface area contributed by atoms with Crippen LogP contribution >= 0.6 is 0 Å². The van der Waals surface area contributed by atoms with Crippen LogP contribution in [0, 0.1) is 0 Å². The maximum Gasteiger partial charge on any atom is 0.150 e. The van der Waals surface area contributed by atoms with Crippen molar-refractivity contribution in [2.24, 2.45) is 5.73 Å². The Bertz CT molecular complexity index is 379. The molecule has 2 aliphatic carbocycles. The van der Waals surface area contributed by atoms with E-state index in [9.17, 15) is 8.42 Å². The minimum Gasteiger partial charge on any atom is -0.330 e. The Kier molecular flexibility index (Phi) is 5.26. The number of hydrogen-bond donors (Lipinski definition) is 1. The minimum atomic E-state index is -2.88. The van der Waals surface area contributed by atoms with Gasteiger partial charge in [-0.15, -0.1) is 0 Å². The van der Waals surface area contributed by atoms with Gasteiger partial charge in [0.15, 0.2) is 0 Å². The first-order valence-corrected chi connectivity index (χ1v) is 9.62. The first-order valence-electron chi connectivity index (χ1n) is 7.67. The molecule has 0 bridgehead atoms. The summed E-state index contributed by atoms with van der Waals surface area (Å²) >= 11 is 0. The summed E-state index contributed by atoms with van der Waals surface area (Å²) in [4.78, 5) is 2.58. The van der Waals surface area contributed by atoms with Crippen LogP contribution in [0.2, 0.25) is 0 Å². The SMILES string of the molecule is CS(=O)(=O)C1CCCC(N(CCCN)C2CCC2)C1. The summed E-state index contributed by atoms with van der Waals surface area (Å²) in [6.45, 7) is 1.77. The second kappa shape index (κ2) is 6.55. The predicted molar refractivity (Wildman–Crippen MR) is 78.9 cm³/mol. The number of nitrogens with two attached hydrogens (primary N) is 1. The normalized spacial score (nSPS) is 29.4. The third-order valence-corrected chi connectivity index (χ3v) is 6.48. The molecule has 4 nitrogen and oxygen atoms in total. The molecule has 0 heterocycles. The quantitative estimate of drug-likeness (QED) is 0.805. The van der Waals surface area contributed by atoms with E-state index in [1.165, 1.54) is 25.5 Å². The summed E-state index contributed by atoms with van der Waals surface area (Å²) in [6.07, 6.45) is 10.2. The Morgan fingerprint density at radius 3 is 2.26 bits per heavy atom. The molecule has 0 spiro atoms. The van der Waals surface area contributed by atoms with Gasteiger partial charge in [0.05, 0.1) is 5.25 Å². The van der Waals surface area contributed by atoms with Crippen LogP contribution in [0.1, 0.15) is 51.4 Å². The Hall–Kier alpha value is -0.130. The average molecular weight is 288 g/mol. The van der Waals surface area contributed by atoms with E-state index in [1.54, 1.807) is 0 Å². The van der Waals surface area contributed by atoms with Crippen molar-refractivity contribution in [2.45, 2.75) is 68.7 Å². The molecule has 112 valence electrons. The smallest absolute Gasteiger partial charge is 0.150 e. The van der Waals surface area contributed by atoms with E-state index in [4.69, 9.17) is 5.73 Å². The number of nitrogens with zero attached hydrogens (tertiary/aromatic N) is 1. The molecule has 5 heteroatoms. The molecule has 0 aliphatic heterocycles. The number of rotatable bonds is 6. The van der Waals surface area contributed by atoms with Crippen LogP contribution < -0.4 is 5.73 Å². The van der Waals surface area contributed by atoms with E-state index in [2.05, 4.69) is 4.90 Å². The van der Waals surface area contributed by atoms with Crippen molar-refractivity contribution >= 4 is 9.84 Å². The minimum absolute atomic E-state index is 0.119. The summed E-state index contributed by atoms with van der Waals surface area (Å²) < 4.78 is 23.6. The third-order valence-electron chi connectivity index (χ3n) is 4.84. The van der Waals surface area contributed by atoms with Gasteiger partial charge in [-0.25, -0.2) is 8.42 Å². The van der Waals surface area contributed by atoms with Crippen molar-refractivity contribution in [2.75, 3.05) is 19.3 Å². The Balaban J connectivity index is 1.99. The third kappa shape index (κ3) is 3.92. The molecule has 0 radical (unpaired) electrons. The fourth-order valence-electron chi connectivity index (χ4n) is 3.47. The van der Waals surface area contributed by atoms with Crippen molar-refractivity contribution in [3.63, 3.8) is 0 Å². The Morgan fingerprint density at radius 1 is 1.11 bits per heavy atom. The largest absolute Gasteiger partial charge is 0.330 e. The molecule has 2 atom stereocenters. The average Bonchev–Trinajstić information content (AvgIpc) is 2.31. The summed E-state index contributed by atoms with van der Waals surface area (Å²) in [5.74, 6) is 0. The Labute approximate surface area is 117 Å². The van der Waals surface area contributed by atoms with E-state index >= 15 is 0 Å². The van der Waals surface area contributed by atoms with Gasteiger partial charge in [0.25, 0.3) is 0 Å². The molecule has 2 N–H and O–H groups in total. The molecule has 2 rings (SSSR count). The van der Waals surface area contributed by atoms with E-state index in [0.29, 0.717) is 12.1 Å². The maximum atomic E-state index is 11.8.